The average molecular weight is 406 g/mol. The first-order chi connectivity index (χ1) is 13.2. The number of hydrogen-bond donors (Lipinski definition) is 0. The first-order valence-corrected chi connectivity index (χ1v) is 10.4. The van der Waals surface area contributed by atoms with Crippen LogP contribution in [0.3, 0.4) is 0 Å². The van der Waals surface area contributed by atoms with Gasteiger partial charge in [-0.2, -0.15) is 0 Å². The number of ether oxygens (including phenoxy) is 2. The molecule has 0 saturated carbocycles. The van der Waals surface area contributed by atoms with E-state index in [9.17, 15) is 9.59 Å². The zero-order chi connectivity index (χ0) is 18.6. The van der Waals surface area contributed by atoms with Crippen molar-refractivity contribution in [1.29, 1.82) is 0 Å². The fourth-order valence-corrected chi connectivity index (χ4v) is 4.35. The number of aromatic nitrogens is 2. The van der Waals surface area contributed by atoms with Gasteiger partial charge in [-0.05, 0) is 12.1 Å². The minimum Gasteiger partial charge on any atom is -0.485 e. The van der Waals surface area contributed by atoms with E-state index in [0.29, 0.717) is 43.4 Å². The predicted octanol–water partition coefficient (Wildman–Crippen LogP) is 1.14. The molecule has 0 aliphatic carbocycles. The number of para-hydroxylation sites is 2. The van der Waals surface area contributed by atoms with Crippen LogP contribution in [-0.2, 0) is 9.59 Å². The zero-order valence-electron chi connectivity index (χ0n) is 14.4. The van der Waals surface area contributed by atoms with Gasteiger partial charge in [0.15, 0.2) is 15.8 Å². The van der Waals surface area contributed by atoms with Crippen molar-refractivity contribution in [1.82, 2.24) is 20.0 Å². The van der Waals surface area contributed by atoms with E-state index >= 15 is 0 Å². The summed E-state index contributed by atoms with van der Waals surface area (Å²) in [6.45, 7) is 2.23. The molecule has 2 aliphatic heterocycles. The summed E-state index contributed by atoms with van der Waals surface area (Å²) >= 11 is 2.81. The predicted molar refractivity (Wildman–Crippen MR) is 100 cm³/mol. The number of amides is 2. The molecule has 0 spiro atoms. The van der Waals surface area contributed by atoms with Crippen LogP contribution in [0.2, 0.25) is 0 Å². The molecular formula is C17H18N4O4S2. The topological polar surface area (TPSA) is 84.9 Å². The summed E-state index contributed by atoms with van der Waals surface area (Å²) in [6, 6.07) is 7.32. The maximum atomic E-state index is 12.7. The van der Waals surface area contributed by atoms with E-state index in [4.69, 9.17) is 9.47 Å². The van der Waals surface area contributed by atoms with Gasteiger partial charge in [0.05, 0.1) is 5.75 Å². The molecule has 2 aliphatic rings. The van der Waals surface area contributed by atoms with E-state index in [1.807, 2.05) is 18.2 Å². The number of piperazine rings is 1. The third kappa shape index (κ3) is 4.16. The minimum absolute atomic E-state index is 0.0495. The van der Waals surface area contributed by atoms with Gasteiger partial charge in [-0.1, -0.05) is 35.2 Å². The van der Waals surface area contributed by atoms with Crippen molar-refractivity contribution in [3.8, 4) is 11.5 Å². The second-order valence-corrected chi connectivity index (χ2v) is 8.12. The largest absolute Gasteiger partial charge is 0.485 e. The van der Waals surface area contributed by atoms with Crippen LogP contribution < -0.4 is 9.47 Å². The van der Waals surface area contributed by atoms with Gasteiger partial charge in [-0.3, -0.25) is 9.59 Å². The molecule has 1 aromatic carbocycles. The number of nitrogens with zero attached hydrogens (tertiary/aromatic N) is 4. The lowest BCUT2D eigenvalue weighted by atomic mass is 10.2. The highest BCUT2D eigenvalue weighted by atomic mass is 32.2. The van der Waals surface area contributed by atoms with Gasteiger partial charge in [0.1, 0.15) is 12.1 Å². The SMILES string of the molecule is O=C(CSc1nncs1)N1CCN(C(=O)C2COc3ccccc3O2)CC1. The molecule has 2 amide bonds. The highest BCUT2D eigenvalue weighted by Gasteiger charge is 2.33. The van der Waals surface area contributed by atoms with Crippen LogP contribution in [0.4, 0.5) is 0 Å². The Morgan fingerprint density at radius 2 is 1.89 bits per heavy atom. The standard InChI is InChI=1S/C17H18N4O4S2/c22-15(10-26-17-19-18-11-27-17)20-5-7-21(8-6-20)16(23)14-9-24-12-3-1-2-4-13(12)25-14/h1-4,11,14H,5-10H2. The molecule has 1 aromatic heterocycles. The zero-order valence-corrected chi connectivity index (χ0v) is 16.1. The summed E-state index contributed by atoms with van der Waals surface area (Å²) in [6.07, 6.45) is -0.643. The Bertz CT molecular complexity index is 809. The smallest absolute Gasteiger partial charge is 0.267 e. The molecule has 3 heterocycles. The summed E-state index contributed by atoms with van der Waals surface area (Å²) < 4.78 is 12.2. The molecular weight excluding hydrogens is 388 g/mol. The molecule has 0 N–H and O–H groups in total. The van der Waals surface area contributed by atoms with Gasteiger partial charge in [-0.15, -0.1) is 10.2 Å². The van der Waals surface area contributed by atoms with Gasteiger partial charge in [0.25, 0.3) is 5.91 Å². The Kier molecular flexibility index (Phi) is 5.44. The van der Waals surface area contributed by atoms with Crippen molar-refractivity contribution in [2.75, 3.05) is 38.5 Å². The van der Waals surface area contributed by atoms with Crippen LogP contribution in [0.25, 0.3) is 0 Å². The molecule has 0 bridgehead atoms. The Hall–Kier alpha value is -2.33. The summed E-state index contributed by atoms with van der Waals surface area (Å²) in [7, 11) is 0. The molecule has 1 unspecified atom stereocenters. The summed E-state index contributed by atoms with van der Waals surface area (Å²) in [4.78, 5) is 28.6. The van der Waals surface area contributed by atoms with E-state index in [2.05, 4.69) is 10.2 Å². The van der Waals surface area contributed by atoms with Gasteiger partial charge in [0.2, 0.25) is 12.0 Å². The van der Waals surface area contributed by atoms with Crippen molar-refractivity contribution in [3.63, 3.8) is 0 Å². The Balaban J connectivity index is 1.26. The van der Waals surface area contributed by atoms with Gasteiger partial charge < -0.3 is 19.3 Å². The van der Waals surface area contributed by atoms with Crippen molar-refractivity contribution in [2.45, 2.75) is 10.4 Å². The molecule has 1 saturated heterocycles. The van der Waals surface area contributed by atoms with Crippen molar-refractivity contribution >= 4 is 34.9 Å². The van der Waals surface area contributed by atoms with Crippen LogP contribution in [-0.4, -0.2) is 76.5 Å². The number of hydrogen-bond acceptors (Lipinski definition) is 8. The number of carbonyl (C=O) groups is 2. The molecule has 27 heavy (non-hydrogen) atoms. The number of rotatable bonds is 4. The molecule has 8 nitrogen and oxygen atoms in total. The number of carbonyl (C=O) groups excluding carboxylic acids is 2. The summed E-state index contributed by atoms with van der Waals surface area (Å²) in [5.41, 5.74) is 1.65. The van der Waals surface area contributed by atoms with Crippen LogP contribution in [0.5, 0.6) is 11.5 Å². The van der Waals surface area contributed by atoms with Crippen molar-refractivity contribution < 1.29 is 19.1 Å². The number of thioether (sulfide) groups is 1. The average Bonchev–Trinajstić information content (AvgIpc) is 3.25. The van der Waals surface area contributed by atoms with Crippen LogP contribution in [0.1, 0.15) is 0 Å². The van der Waals surface area contributed by atoms with E-state index in [0.717, 1.165) is 4.34 Å². The lowest BCUT2D eigenvalue weighted by Gasteiger charge is -2.37. The first-order valence-electron chi connectivity index (χ1n) is 8.55. The Morgan fingerprint density at radius 1 is 1.15 bits per heavy atom. The Morgan fingerprint density at radius 3 is 2.63 bits per heavy atom. The number of benzene rings is 1. The summed E-state index contributed by atoms with van der Waals surface area (Å²) in [5.74, 6) is 1.53. The molecule has 4 rings (SSSR count). The fourth-order valence-electron chi connectivity index (χ4n) is 2.96. The van der Waals surface area contributed by atoms with Crippen molar-refractivity contribution in [2.24, 2.45) is 0 Å². The lowest BCUT2D eigenvalue weighted by molar-refractivity contribution is -0.145. The normalized spacial score (nSPS) is 19.0. The van der Waals surface area contributed by atoms with E-state index in [-0.39, 0.29) is 18.4 Å². The van der Waals surface area contributed by atoms with Crippen LogP contribution in [0.15, 0.2) is 34.1 Å². The van der Waals surface area contributed by atoms with E-state index in [1.165, 1.54) is 23.1 Å². The minimum atomic E-state index is -0.643. The molecule has 0 radical (unpaired) electrons. The molecule has 1 atom stereocenters. The molecule has 2 aromatic rings. The monoisotopic (exact) mass is 406 g/mol. The van der Waals surface area contributed by atoms with Gasteiger partial charge >= 0.3 is 0 Å². The Labute approximate surface area is 164 Å². The lowest BCUT2D eigenvalue weighted by Crippen LogP contribution is -2.55. The molecule has 10 heteroatoms. The third-order valence-corrected chi connectivity index (χ3v) is 6.23. The van der Waals surface area contributed by atoms with Crippen molar-refractivity contribution in [3.05, 3.63) is 29.8 Å². The second-order valence-electron chi connectivity index (χ2n) is 6.06. The van der Waals surface area contributed by atoms with E-state index in [1.54, 1.807) is 21.4 Å². The first kappa shape index (κ1) is 18.1. The molecule has 1 fully saturated rings. The van der Waals surface area contributed by atoms with Gasteiger partial charge in [-0.25, -0.2) is 0 Å². The highest BCUT2D eigenvalue weighted by Crippen LogP contribution is 2.31. The van der Waals surface area contributed by atoms with E-state index < -0.39 is 6.10 Å². The molecule has 142 valence electrons. The number of fused-ring (bicyclic) bond motifs is 1. The maximum absolute atomic E-state index is 12.7. The highest BCUT2D eigenvalue weighted by molar-refractivity contribution is 8.01. The fraction of sp³-hybridized carbons (Fsp3) is 0.412. The van der Waals surface area contributed by atoms with Crippen LogP contribution in [0, 0.1) is 0 Å². The quantitative estimate of drug-likeness (QED) is 0.704. The van der Waals surface area contributed by atoms with Crippen LogP contribution >= 0.6 is 23.1 Å². The second kappa shape index (κ2) is 8.13. The third-order valence-electron chi connectivity index (χ3n) is 4.39. The maximum Gasteiger partial charge on any atom is 0.267 e. The summed E-state index contributed by atoms with van der Waals surface area (Å²) in [5, 5.41) is 7.68. The van der Waals surface area contributed by atoms with Gasteiger partial charge in [0, 0.05) is 26.2 Å².